The number of hydrogen-bond acceptors (Lipinski definition) is 4. The van der Waals surface area contributed by atoms with Crippen LogP contribution in [0.4, 0.5) is 4.79 Å². The second kappa shape index (κ2) is 8.01. The first kappa shape index (κ1) is 19.5. The van der Waals surface area contributed by atoms with Gasteiger partial charge in [0.2, 0.25) is 17.1 Å². The lowest BCUT2D eigenvalue weighted by atomic mass is 10.2. The molecule has 138 valence electrons. The molecule has 2 aromatic rings. The van der Waals surface area contributed by atoms with Gasteiger partial charge in [0.25, 0.3) is 0 Å². The molecule has 0 atom stereocenters. The zero-order valence-electron chi connectivity index (χ0n) is 15.5. The summed E-state index contributed by atoms with van der Waals surface area (Å²) in [5, 5.41) is 1.41. The molecule has 0 aliphatic carbocycles. The first-order chi connectivity index (χ1) is 11.7. The number of ether oxygens (including phenoxy) is 1. The molecule has 1 amide bonds. The quantitative estimate of drug-likeness (QED) is 0.795. The normalized spacial score (nSPS) is 12.0. The summed E-state index contributed by atoms with van der Waals surface area (Å²) < 4.78 is 5.35. The molecule has 0 saturated heterocycles. The van der Waals surface area contributed by atoms with Crippen LogP contribution in [0, 0.1) is 0 Å². The molecule has 0 aliphatic rings. The molecule has 2 N–H and O–H groups in total. The van der Waals surface area contributed by atoms with Crippen molar-refractivity contribution >= 4 is 28.7 Å². The van der Waals surface area contributed by atoms with E-state index in [-0.39, 0.29) is 6.09 Å². The maximum atomic E-state index is 11.9. The molecule has 0 saturated carbocycles. The van der Waals surface area contributed by atoms with E-state index in [0.29, 0.717) is 11.7 Å². The van der Waals surface area contributed by atoms with Crippen LogP contribution in [0.25, 0.3) is 11.0 Å². The Labute approximate surface area is 153 Å². The molecule has 2 rings (SSSR count). The largest absolute Gasteiger partial charge is 0.444 e. The molecule has 0 radical (unpaired) electrons. The van der Waals surface area contributed by atoms with Crippen LogP contribution in [0.15, 0.2) is 12.5 Å². The molecule has 8 heteroatoms. The maximum Gasteiger partial charge on any atom is 0.410 e. The second-order valence-corrected chi connectivity index (χ2v) is 7.61. The summed E-state index contributed by atoms with van der Waals surface area (Å²) in [6.45, 7) is 7.83. The number of carbonyl (C=O) groups excluding carboxylic acids is 1. The number of H-pyrrole nitrogens is 2. The van der Waals surface area contributed by atoms with Crippen molar-refractivity contribution in [1.82, 2.24) is 19.8 Å². The number of halogens is 1. The Bertz CT molecular complexity index is 725. The number of nitrogens with zero attached hydrogens (tertiary/aromatic N) is 3. The standard InChI is InChI=1S/C17H26ClN5O2/c1-17(2,3)25-16(24)23(5)8-6-7-22(4)10-12-9-19-15-13(12)14(18)20-11-21-15/h9,11H,6-8,10H2,1-5H3,(H,19,20,21)/p+1. The first-order valence-electron chi connectivity index (χ1n) is 8.32. The average molecular weight is 369 g/mol. The van der Waals surface area contributed by atoms with Crippen LogP contribution < -0.4 is 4.98 Å². The van der Waals surface area contributed by atoms with Gasteiger partial charge in [-0.25, -0.2) is 9.78 Å². The molecule has 0 aliphatic heterocycles. The van der Waals surface area contributed by atoms with Gasteiger partial charge in [-0.05, 0) is 52.4 Å². The molecule has 2 aromatic heterocycles. The Hall–Kier alpha value is -1.86. The minimum Gasteiger partial charge on any atom is -0.444 e. The van der Waals surface area contributed by atoms with Gasteiger partial charge in [-0.1, -0.05) is 4.98 Å². The minimum absolute atomic E-state index is 0.292. The van der Waals surface area contributed by atoms with Crippen LogP contribution in [0.5, 0.6) is 0 Å². The monoisotopic (exact) mass is 368 g/mol. The third kappa shape index (κ3) is 5.57. The van der Waals surface area contributed by atoms with Gasteiger partial charge < -0.3 is 14.5 Å². The Morgan fingerprint density at radius 3 is 2.76 bits per heavy atom. The first-order valence-corrected chi connectivity index (χ1v) is 8.70. The SMILES string of the molecule is CN(CCCN(C)C(=O)OC(C)(C)C)Cc1c[nH]c2[nH+]cnc(Cl)c12. The third-order valence-corrected chi connectivity index (χ3v) is 4.02. The summed E-state index contributed by atoms with van der Waals surface area (Å²) in [7, 11) is 3.80. The smallest absolute Gasteiger partial charge is 0.410 e. The molecule has 0 aromatic carbocycles. The fraction of sp³-hybridized carbons (Fsp3) is 0.588. The lowest BCUT2D eigenvalue weighted by Gasteiger charge is -2.25. The van der Waals surface area contributed by atoms with Gasteiger partial charge in [0.1, 0.15) is 11.0 Å². The lowest BCUT2D eigenvalue weighted by Crippen LogP contribution is -2.35. The van der Waals surface area contributed by atoms with Gasteiger partial charge in [-0.3, -0.25) is 4.98 Å². The molecule has 25 heavy (non-hydrogen) atoms. The number of fused-ring (bicyclic) bond motifs is 1. The topological polar surface area (TPSA) is 75.6 Å². The highest BCUT2D eigenvalue weighted by atomic mass is 35.5. The summed E-state index contributed by atoms with van der Waals surface area (Å²) in [6.07, 6.45) is 4.08. The van der Waals surface area contributed by atoms with E-state index in [9.17, 15) is 4.79 Å². The third-order valence-electron chi connectivity index (χ3n) is 3.73. The van der Waals surface area contributed by atoms with E-state index in [1.807, 2.05) is 34.0 Å². The predicted molar refractivity (Wildman–Crippen MR) is 97.5 cm³/mol. The van der Waals surface area contributed by atoms with E-state index < -0.39 is 5.60 Å². The molecular weight excluding hydrogens is 342 g/mol. The predicted octanol–water partition coefficient (Wildman–Crippen LogP) is 2.72. The number of aromatic nitrogens is 3. The van der Waals surface area contributed by atoms with Crippen LogP contribution in [0.2, 0.25) is 5.15 Å². The fourth-order valence-corrected chi connectivity index (χ4v) is 2.80. The average Bonchev–Trinajstić information content (AvgIpc) is 2.89. The van der Waals surface area contributed by atoms with E-state index in [1.54, 1.807) is 18.3 Å². The van der Waals surface area contributed by atoms with Crippen LogP contribution in [-0.2, 0) is 11.3 Å². The number of nitrogens with one attached hydrogen (secondary N) is 2. The van der Waals surface area contributed by atoms with E-state index in [4.69, 9.17) is 16.3 Å². The van der Waals surface area contributed by atoms with Gasteiger partial charge >= 0.3 is 6.09 Å². The highest BCUT2D eigenvalue weighted by molar-refractivity contribution is 6.34. The number of aromatic amines is 2. The van der Waals surface area contributed by atoms with Crippen molar-refractivity contribution in [2.24, 2.45) is 0 Å². The molecule has 0 bridgehead atoms. The Balaban J connectivity index is 1.82. The Morgan fingerprint density at radius 2 is 2.08 bits per heavy atom. The van der Waals surface area contributed by atoms with Crippen molar-refractivity contribution in [2.45, 2.75) is 39.3 Å². The van der Waals surface area contributed by atoms with Crippen LogP contribution >= 0.6 is 11.6 Å². The van der Waals surface area contributed by atoms with Crippen LogP contribution in [0.3, 0.4) is 0 Å². The van der Waals surface area contributed by atoms with E-state index >= 15 is 0 Å². The molecule has 0 fully saturated rings. The van der Waals surface area contributed by atoms with Crippen molar-refractivity contribution in [3.05, 3.63) is 23.2 Å². The Kier molecular flexibility index (Phi) is 6.24. The lowest BCUT2D eigenvalue weighted by molar-refractivity contribution is -0.352. The van der Waals surface area contributed by atoms with E-state index in [2.05, 4.69) is 19.9 Å². The summed E-state index contributed by atoms with van der Waals surface area (Å²) >= 11 is 6.19. The van der Waals surface area contributed by atoms with E-state index in [0.717, 1.165) is 36.1 Å². The fourth-order valence-electron chi connectivity index (χ4n) is 2.54. The zero-order valence-corrected chi connectivity index (χ0v) is 16.3. The molecule has 0 spiro atoms. The van der Waals surface area contributed by atoms with Crippen LogP contribution in [0.1, 0.15) is 32.8 Å². The van der Waals surface area contributed by atoms with Crippen molar-refractivity contribution in [3.63, 3.8) is 0 Å². The van der Waals surface area contributed by atoms with Crippen LogP contribution in [-0.4, -0.2) is 58.6 Å². The van der Waals surface area contributed by atoms with Crippen molar-refractivity contribution in [1.29, 1.82) is 0 Å². The molecule has 2 heterocycles. The van der Waals surface area contributed by atoms with Gasteiger partial charge in [0.05, 0.1) is 6.20 Å². The van der Waals surface area contributed by atoms with Crippen molar-refractivity contribution in [2.75, 3.05) is 27.2 Å². The maximum absolute atomic E-state index is 11.9. The summed E-state index contributed by atoms with van der Waals surface area (Å²) in [6, 6.07) is 0. The second-order valence-electron chi connectivity index (χ2n) is 7.25. The van der Waals surface area contributed by atoms with Gasteiger partial charge in [0, 0.05) is 25.7 Å². The van der Waals surface area contributed by atoms with Crippen molar-refractivity contribution < 1.29 is 14.5 Å². The Morgan fingerprint density at radius 1 is 1.36 bits per heavy atom. The highest BCUT2D eigenvalue weighted by Gasteiger charge is 2.19. The number of amides is 1. The van der Waals surface area contributed by atoms with Crippen molar-refractivity contribution in [3.8, 4) is 0 Å². The number of carbonyl (C=O) groups is 1. The summed E-state index contributed by atoms with van der Waals surface area (Å²) in [4.78, 5) is 26.0. The van der Waals surface area contributed by atoms with E-state index in [1.165, 1.54) is 0 Å². The summed E-state index contributed by atoms with van der Waals surface area (Å²) in [5.74, 6) is 0. The molecule has 7 nitrogen and oxygen atoms in total. The van der Waals surface area contributed by atoms with Gasteiger partial charge in [0.15, 0.2) is 0 Å². The highest BCUT2D eigenvalue weighted by Crippen LogP contribution is 2.22. The minimum atomic E-state index is -0.470. The molecule has 0 unspecified atom stereocenters. The summed E-state index contributed by atoms with van der Waals surface area (Å²) in [5.41, 5.74) is 1.49. The number of hydrogen-bond donors (Lipinski definition) is 1. The van der Waals surface area contributed by atoms with Gasteiger partial charge in [-0.2, -0.15) is 0 Å². The van der Waals surface area contributed by atoms with Gasteiger partial charge in [-0.15, -0.1) is 0 Å². The zero-order chi connectivity index (χ0) is 18.6. The number of rotatable bonds is 6. The molecular formula is C17H27ClN5O2+.